The minimum absolute atomic E-state index is 0.0555. The summed E-state index contributed by atoms with van der Waals surface area (Å²) < 4.78 is 2.06. The lowest BCUT2D eigenvalue weighted by atomic mass is 10.3. The fraction of sp³-hybridized carbons (Fsp3) is 0.250. The Morgan fingerprint density at radius 3 is 2.91 bits per heavy atom. The first-order valence-electron chi connectivity index (χ1n) is 7.15. The van der Waals surface area contributed by atoms with Crippen LogP contribution in [-0.4, -0.2) is 38.1 Å². The van der Waals surface area contributed by atoms with Gasteiger partial charge in [0.15, 0.2) is 4.34 Å². The summed E-state index contributed by atoms with van der Waals surface area (Å²) in [5.74, 6) is 0.0555. The first-order valence-corrected chi connectivity index (χ1v) is 8.85. The molecule has 0 spiro atoms. The number of carbonyl (C=O) groups excluding carboxylic acids is 1. The molecule has 1 atom stereocenters. The van der Waals surface area contributed by atoms with E-state index in [9.17, 15) is 4.79 Å². The quantitative estimate of drug-likeness (QED) is 0.665. The summed E-state index contributed by atoms with van der Waals surface area (Å²) in [4.78, 5) is 27.0. The second-order valence-electron chi connectivity index (χ2n) is 5.10. The number of benzene rings is 1. The molecule has 1 amide bonds. The Morgan fingerprint density at radius 2 is 2.17 bits per heavy atom. The van der Waals surface area contributed by atoms with Gasteiger partial charge in [-0.05, 0) is 19.1 Å². The number of hydrogen-bond acceptors (Lipinski definition) is 6. The lowest BCUT2D eigenvalue weighted by molar-refractivity contribution is -0.129. The van der Waals surface area contributed by atoms with Crippen LogP contribution in [0.2, 0.25) is 0 Å². The maximum atomic E-state index is 12.5. The van der Waals surface area contributed by atoms with Gasteiger partial charge < -0.3 is 4.90 Å². The van der Waals surface area contributed by atoms with E-state index in [1.165, 1.54) is 11.8 Å². The van der Waals surface area contributed by atoms with Gasteiger partial charge in [0.2, 0.25) is 5.91 Å². The van der Waals surface area contributed by atoms with Crippen LogP contribution in [0.5, 0.6) is 0 Å². The molecule has 0 bridgehead atoms. The third-order valence-corrected chi connectivity index (χ3v) is 5.51. The van der Waals surface area contributed by atoms with Crippen molar-refractivity contribution in [1.29, 1.82) is 0 Å². The third kappa shape index (κ3) is 3.86. The minimum atomic E-state index is -0.197. The maximum absolute atomic E-state index is 12.5. The van der Waals surface area contributed by atoms with E-state index in [1.807, 2.05) is 31.2 Å². The van der Waals surface area contributed by atoms with Crippen LogP contribution >= 0.6 is 23.1 Å². The fourth-order valence-electron chi connectivity index (χ4n) is 2.15. The zero-order valence-electron chi connectivity index (χ0n) is 12.8. The predicted octanol–water partition coefficient (Wildman–Crippen LogP) is 3.23. The summed E-state index contributed by atoms with van der Waals surface area (Å²) in [7, 11) is 1.78. The van der Waals surface area contributed by atoms with Crippen molar-refractivity contribution >= 4 is 39.2 Å². The number of carbonyl (C=O) groups is 1. The molecule has 0 saturated carbocycles. The van der Waals surface area contributed by atoms with E-state index < -0.39 is 0 Å². The zero-order chi connectivity index (χ0) is 16.2. The number of rotatable bonds is 5. The molecule has 2 aromatic heterocycles. The standard InChI is InChI=1S/C16H16N4OS2/c1-11(15(21)20(2)10-12-9-17-7-8-18-12)22-16-19-13-5-3-4-6-14(13)23-16/h3-9,11H,10H2,1-2H3/t11-/m0/s1. The van der Waals surface area contributed by atoms with E-state index >= 15 is 0 Å². The Bertz CT molecular complexity index is 773. The van der Waals surface area contributed by atoms with E-state index in [-0.39, 0.29) is 11.2 Å². The van der Waals surface area contributed by atoms with Crippen LogP contribution in [0.25, 0.3) is 10.2 Å². The van der Waals surface area contributed by atoms with Crippen LogP contribution in [0, 0.1) is 0 Å². The number of fused-ring (bicyclic) bond motifs is 1. The molecule has 0 radical (unpaired) electrons. The van der Waals surface area contributed by atoms with Crippen LogP contribution < -0.4 is 0 Å². The van der Waals surface area contributed by atoms with E-state index in [0.29, 0.717) is 6.54 Å². The average molecular weight is 344 g/mol. The smallest absolute Gasteiger partial charge is 0.235 e. The van der Waals surface area contributed by atoms with Crippen molar-refractivity contribution in [3.8, 4) is 0 Å². The summed E-state index contributed by atoms with van der Waals surface area (Å²) in [5.41, 5.74) is 1.76. The second-order valence-corrected chi connectivity index (χ2v) is 7.72. The molecule has 0 saturated heterocycles. The Morgan fingerprint density at radius 1 is 1.35 bits per heavy atom. The zero-order valence-corrected chi connectivity index (χ0v) is 14.5. The first-order chi connectivity index (χ1) is 11.1. The highest BCUT2D eigenvalue weighted by Crippen LogP contribution is 2.32. The van der Waals surface area contributed by atoms with Crippen molar-refractivity contribution in [2.24, 2.45) is 0 Å². The number of nitrogens with zero attached hydrogens (tertiary/aromatic N) is 4. The predicted molar refractivity (Wildman–Crippen MR) is 93.4 cm³/mol. The van der Waals surface area contributed by atoms with Crippen molar-refractivity contribution < 1.29 is 4.79 Å². The van der Waals surface area contributed by atoms with Crippen molar-refractivity contribution in [2.45, 2.75) is 23.1 Å². The lowest BCUT2D eigenvalue weighted by Crippen LogP contribution is -2.33. The molecule has 0 aliphatic carbocycles. The number of para-hydroxylation sites is 1. The Labute approximate surface area is 142 Å². The molecule has 2 heterocycles. The number of thiazole rings is 1. The Kier molecular flexibility index (Phi) is 4.88. The summed E-state index contributed by atoms with van der Waals surface area (Å²) in [6.07, 6.45) is 4.93. The van der Waals surface area contributed by atoms with Gasteiger partial charge >= 0.3 is 0 Å². The molecule has 0 aliphatic heterocycles. The van der Waals surface area contributed by atoms with Crippen LogP contribution in [0.1, 0.15) is 12.6 Å². The molecule has 118 valence electrons. The SMILES string of the molecule is C[C@H](Sc1nc2ccccc2s1)C(=O)N(C)Cc1cnccn1. The lowest BCUT2D eigenvalue weighted by Gasteiger charge is -2.19. The number of hydrogen-bond donors (Lipinski definition) is 0. The molecule has 3 aromatic rings. The molecule has 0 unspecified atom stereocenters. The molecule has 0 aliphatic rings. The molecule has 5 nitrogen and oxygen atoms in total. The van der Waals surface area contributed by atoms with Crippen molar-refractivity contribution in [1.82, 2.24) is 19.9 Å². The molecule has 23 heavy (non-hydrogen) atoms. The largest absolute Gasteiger partial charge is 0.339 e. The number of amides is 1. The van der Waals surface area contributed by atoms with Gasteiger partial charge in [-0.3, -0.25) is 14.8 Å². The van der Waals surface area contributed by atoms with Crippen LogP contribution in [-0.2, 0) is 11.3 Å². The van der Waals surface area contributed by atoms with Crippen LogP contribution in [0.3, 0.4) is 0 Å². The topological polar surface area (TPSA) is 59.0 Å². The number of thioether (sulfide) groups is 1. The summed E-state index contributed by atoms with van der Waals surface area (Å²) in [6, 6.07) is 8.00. The Balaban J connectivity index is 1.64. The monoisotopic (exact) mass is 344 g/mol. The average Bonchev–Trinajstić information content (AvgIpc) is 2.97. The molecule has 0 N–H and O–H groups in total. The van der Waals surface area contributed by atoms with Gasteiger partial charge in [0.05, 0.1) is 33.9 Å². The third-order valence-electron chi connectivity index (χ3n) is 3.29. The van der Waals surface area contributed by atoms with Gasteiger partial charge in [-0.2, -0.15) is 0 Å². The summed E-state index contributed by atoms with van der Waals surface area (Å²) >= 11 is 3.11. The highest BCUT2D eigenvalue weighted by Gasteiger charge is 2.20. The van der Waals surface area contributed by atoms with Gasteiger partial charge in [-0.1, -0.05) is 23.9 Å². The molecule has 7 heteroatoms. The fourth-order valence-corrected chi connectivity index (χ4v) is 4.47. The minimum Gasteiger partial charge on any atom is -0.339 e. The van der Waals surface area contributed by atoms with E-state index in [2.05, 4.69) is 15.0 Å². The van der Waals surface area contributed by atoms with Gasteiger partial charge in [0.25, 0.3) is 0 Å². The maximum Gasteiger partial charge on any atom is 0.235 e. The van der Waals surface area contributed by atoms with Gasteiger partial charge in [0.1, 0.15) is 0 Å². The van der Waals surface area contributed by atoms with Gasteiger partial charge in [0, 0.05) is 19.4 Å². The van der Waals surface area contributed by atoms with E-state index in [1.54, 1.807) is 41.9 Å². The first kappa shape index (κ1) is 15.9. The van der Waals surface area contributed by atoms with E-state index in [0.717, 1.165) is 20.3 Å². The molecular formula is C16H16N4OS2. The second kappa shape index (κ2) is 7.06. The van der Waals surface area contributed by atoms with Gasteiger partial charge in [-0.15, -0.1) is 11.3 Å². The molecule has 1 aromatic carbocycles. The van der Waals surface area contributed by atoms with Crippen molar-refractivity contribution in [3.63, 3.8) is 0 Å². The highest BCUT2D eigenvalue weighted by atomic mass is 32.2. The molecular weight excluding hydrogens is 328 g/mol. The Hall–Kier alpha value is -1.99. The summed E-state index contributed by atoms with van der Waals surface area (Å²) in [5, 5.41) is -0.197. The normalized spacial score (nSPS) is 12.3. The van der Waals surface area contributed by atoms with Crippen LogP contribution in [0.4, 0.5) is 0 Å². The highest BCUT2D eigenvalue weighted by molar-refractivity contribution is 8.02. The summed E-state index contributed by atoms with van der Waals surface area (Å²) in [6.45, 7) is 2.36. The van der Waals surface area contributed by atoms with Crippen molar-refractivity contribution in [3.05, 3.63) is 48.5 Å². The van der Waals surface area contributed by atoms with Gasteiger partial charge in [-0.25, -0.2) is 4.98 Å². The van der Waals surface area contributed by atoms with E-state index in [4.69, 9.17) is 0 Å². The van der Waals surface area contributed by atoms with Crippen LogP contribution in [0.15, 0.2) is 47.2 Å². The number of aromatic nitrogens is 3. The van der Waals surface area contributed by atoms with Crippen molar-refractivity contribution in [2.75, 3.05) is 7.05 Å². The molecule has 0 fully saturated rings. The molecule has 3 rings (SSSR count).